The number of nitrogens with one attached hydrogen (secondary N) is 1. The van der Waals surface area contributed by atoms with E-state index in [9.17, 15) is 23.8 Å². The third-order valence-corrected chi connectivity index (χ3v) is 5.50. The summed E-state index contributed by atoms with van der Waals surface area (Å²) in [6.45, 7) is 1.84. The third kappa shape index (κ3) is 4.72. The number of amides is 1. The number of anilines is 1. The van der Waals surface area contributed by atoms with Crippen molar-refractivity contribution in [3.05, 3.63) is 71.8 Å². The second-order valence-corrected chi connectivity index (χ2v) is 7.64. The Bertz CT molecular complexity index is 1140. The zero-order valence-electron chi connectivity index (χ0n) is 17.7. The first kappa shape index (κ1) is 22.8. The fourth-order valence-electron chi connectivity index (χ4n) is 3.79. The summed E-state index contributed by atoms with van der Waals surface area (Å²) in [6, 6.07) is 6.35. The van der Waals surface area contributed by atoms with Gasteiger partial charge in [-0.15, -0.1) is 0 Å². The van der Waals surface area contributed by atoms with E-state index in [1.807, 2.05) is 6.92 Å². The Labute approximate surface area is 188 Å². The molecule has 3 heterocycles. The lowest BCUT2D eigenvalue weighted by molar-refractivity contribution is -0.170. The van der Waals surface area contributed by atoms with Crippen LogP contribution in [0.15, 0.2) is 48.9 Å². The molecule has 0 saturated carbocycles. The lowest BCUT2D eigenvalue weighted by atomic mass is 9.92. The number of hydrogen-bond acceptors (Lipinski definition) is 7. The number of hydrogen-bond donors (Lipinski definition) is 3. The van der Waals surface area contributed by atoms with E-state index in [-0.39, 0.29) is 17.9 Å². The van der Waals surface area contributed by atoms with Crippen LogP contribution in [0.4, 0.5) is 14.5 Å². The van der Waals surface area contributed by atoms with Crippen molar-refractivity contribution >= 4 is 11.6 Å². The van der Waals surface area contributed by atoms with Gasteiger partial charge in [-0.2, -0.15) is 0 Å². The molecule has 3 aromatic rings. The van der Waals surface area contributed by atoms with Gasteiger partial charge >= 0.3 is 0 Å². The van der Waals surface area contributed by atoms with E-state index < -0.39 is 47.5 Å². The number of aliphatic hydroxyl groups excluding tert-OH is 2. The summed E-state index contributed by atoms with van der Waals surface area (Å²) in [4.78, 5) is 24.8. The van der Waals surface area contributed by atoms with Crippen molar-refractivity contribution in [1.82, 2.24) is 15.0 Å². The van der Waals surface area contributed by atoms with Gasteiger partial charge in [0.1, 0.15) is 23.4 Å². The second-order valence-electron chi connectivity index (χ2n) is 7.64. The van der Waals surface area contributed by atoms with Crippen molar-refractivity contribution in [2.24, 2.45) is 0 Å². The number of nitrogens with zero attached hydrogens (tertiary/aromatic N) is 3. The maximum absolute atomic E-state index is 14.1. The number of benzene rings is 1. The van der Waals surface area contributed by atoms with Crippen LogP contribution >= 0.6 is 0 Å². The average Bonchev–Trinajstić information content (AvgIpc) is 2.81. The first-order valence-corrected chi connectivity index (χ1v) is 10.4. The van der Waals surface area contributed by atoms with Gasteiger partial charge in [-0.1, -0.05) is 13.0 Å². The van der Waals surface area contributed by atoms with Crippen molar-refractivity contribution < 1.29 is 28.5 Å². The normalized spacial score (nSPS) is 22.7. The van der Waals surface area contributed by atoms with Gasteiger partial charge in [0.2, 0.25) is 0 Å². The van der Waals surface area contributed by atoms with Gasteiger partial charge in [0, 0.05) is 24.4 Å². The molecule has 0 unspecified atom stereocenters. The summed E-state index contributed by atoms with van der Waals surface area (Å²) in [6.07, 6.45) is 1.70. The molecule has 2 aromatic heterocycles. The highest BCUT2D eigenvalue weighted by molar-refractivity contribution is 6.03. The van der Waals surface area contributed by atoms with Crippen molar-refractivity contribution in [2.45, 2.75) is 44.2 Å². The summed E-state index contributed by atoms with van der Waals surface area (Å²) < 4.78 is 34.2. The Kier molecular flexibility index (Phi) is 6.68. The standard InChI is InChI=1S/C23H22F2N4O4/c1-2-18-21(31)17(30)10-19(33-18)12-6-8-26-11-16(12)29-23(32)15-7-9-27-22(28-15)20-13(24)4-3-5-14(20)25/h3-9,11,17-19,21,30-31H,2,10H2,1H3,(H,29,32)/t17-,18-,19-,21+/m1/s1. The predicted molar refractivity (Wildman–Crippen MR) is 114 cm³/mol. The monoisotopic (exact) mass is 456 g/mol. The number of aromatic nitrogens is 3. The first-order valence-electron chi connectivity index (χ1n) is 10.4. The van der Waals surface area contributed by atoms with Gasteiger partial charge in [0.25, 0.3) is 5.91 Å². The molecular formula is C23H22F2N4O4. The van der Waals surface area contributed by atoms with E-state index in [0.29, 0.717) is 17.7 Å². The van der Waals surface area contributed by atoms with Gasteiger partial charge in [0.15, 0.2) is 5.82 Å². The predicted octanol–water partition coefficient (Wildman–Crippen LogP) is 3.03. The minimum absolute atomic E-state index is 0.107. The molecule has 8 nitrogen and oxygen atoms in total. The smallest absolute Gasteiger partial charge is 0.274 e. The van der Waals surface area contributed by atoms with E-state index in [1.54, 1.807) is 6.07 Å². The molecule has 33 heavy (non-hydrogen) atoms. The molecule has 172 valence electrons. The molecular weight excluding hydrogens is 434 g/mol. The number of pyridine rings is 1. The molecule has 0 bridgehead atoms. The molecule has 1 aliphatic heterocycles. The molecule has 1 amide bonds. The number of aliphatic hydroxyl groups is 2. The van der Waals surface area contributed by atoms with Gasteiger partial charge < -0.3 is 20.3 Å². The third-order valence-electron chi connectivity index (χ3n) is 5.50. The summed E-state index contributed by atoms with van der Waals surface area (Å²) in [5.41, 5.74) is 0.354. The van der Waals surface area contributed by atoms with E-state index in [2.05, 4.69) is 20.3 Å². The van der Waals surface area contributed by atoms with E-state index >= 15 is 0 Å². The fraction of sp³-hybridized carbons (Fsp3) is 0.304. The summed E-state index contributed by atoms with van der Waals surface area (Å²) >= 11 is 0. The van der Waals surface area contributed by atoms with Crippen LogP contribution in [0.25, 0.3) is 11.4 Å². The molecule has 3 N–H and O–H groups in total. The fourth-order valence-corrected chi connectivity index (χ4v) is 3.79. The molecule has 0 aliphatic carbocycles. The Morgan fingerprint density at radius 1 is 1.18 bits per heavy atom. The zero-order valence-corrected chi connectivity index (χ0v) is 17.7. The number of ether oxygens (including phenoxy) is 1. The van der Waals surface area contributed by atoms with E-state index in [4.69, 9.17) is 4.74 Å². The average molecular weight is 456 g/mol. The summed E-state index contributed by atoms with van der Waals surface area (Å²) in [5, 5.41) is 23.0. The first-order chi connectivity index (χ1) is 15.9. The summed E-state index contributed by atoms with van der Waals surface area (Å²) in [5.74, 6) is -2.60. The van der Waals surface area contributed by atoms with Crippen molar-refractivity contribution in [1.29, 1.82) is 0 Å². The molecule has 1 fully saturated rings. The topological polar surface area (TPSA) is 117 Å². The van der Waals surface area contributed by atoms with Crippen molar-refractivity contribution in [3.8, 4) is 11.4 Å². The lowest BCUT2D eigenvalue weighted by Gasteiger charge is -2.37. The molecule has 10 heteroatoms. The number of carbonyl (C=O) groups is 1. The van der Waals surface area contributed by atoms with Crippen LogP contribution in [0.1, 0.15) is 41.9 Å². The van der Waals surface area contributed by atoms with Gasteiger partial charge in [0.05, 0.1) is 35.8 Å². The SMILES string of the molecule is CC[C@H]1O[C@@H](c2ccncc2NC(=O)c2ccnc(-c3c(F)cccc3F)n2)C[C@@H](O)[C@@H]1O. The van der Waals surface area contributed by atoms with Crippen LogP contribution in [0.3, 0.4) is 0 Å². The molecule has 0 radical (unpaired) electrons. The highest BCUT2D eigenvalue weighted by atomic mass is 19.1. The van der Waals surface area contributed by atoms with Crippen LogP contribution in [0.5, 0.6) is 0 Å². The Hall–Kier alpha value is -3.34. The van der Waals surface area contributed by atoms with E-state index in [0.717, 1.165) is 12.1 Å². The minimum Gasteiger partial charge on any atom is -0.390 e. The van der Waals surface area contributed by atoms with Crippen LogP contribution in [-0.4, -0.2) is 49.4 Å². The number of halogens is 2. The summed E-state index contributed by atoms with van der Waals surface area (Å²) in [7, 11) is 0. The molecule has 1 aliphatic rings. The Morgan fingerprint density at radius 3 is 2.67 bits per heavy atom. The maximum Gasteiger partial charge on any atom is 0.274 e. The molecule has 0 spiro atoms. The molecule has 1 saturated heterocycles. The van der Waals surface area contributed by atoms with Crippen LogP contribution in [-0.2, 0) is 4.74 Å². The maximum atomic E-state index is 14.1. The highest BCUT2D eigenvalue weighted by Gasteiger charge is 2.37. The highest BCUT2D eigenvalue weighted by Crippen LogP contribution is 2.36. The molecule has 1 aromatic carbocycles. The Balaban J connectivity index is 1.60. The van der Waals surface area contributed by atoms with Gasteiger partial charge in [-0.25, -0.2) is 18.7 Å². The zero-order chi connectivity index (χ0) is 23.5. The minimum atomic E-state index is -0.996. The largest absolute Gasteiger partial charge is 0.390 e. The number of rotatable bonds is 5. The molecule has 4 atom stereocenters. The van der Waals surface area contributed by atoms with E-state index in [1.165, 1.54) is 30.7 Å². The molecule has 4 rings (SSSR count). The van der Waals surface area contributed by atoms with Crippen molar-refractivity contribution in [2.75, 3.05) is 5.32 Å². The van der Waals surface area contributed by atoms with Crippen LogP contribution < -0.4 is 5.32 Å². The van der Waals surface area contributed by atoms with Crippen LogP contribution in [0.2, 0.25) is 0 Å². The van der Waals surface area contributed by atoms with Crippen molar-refractivity contribution in [3.63, 3.8) is 0 Å². The van der Waals surface area contributed by atoms with Gasteiger partial charge in [-0.3, -0.25) is 9.78 Å². The second kappa shape index (κ2) is 9.65. The van der Waals surface area contributed by atoms with Crippen LogP contribution in [0, 0.1) is 11.6 Å². The Morgan fingerprint density at radius 2 is 1.94 bits per heavy atom. The lowest BCUT2D eigenvalue weighted by Crippen LogP contribution is -2.45. The quantitative estimate of drug-likeness (QED) is 0.540. The number of carbonyl (C=O) groups excluding carboxylic acids is 1. The van der Waals surface area contributed by atoms with Gasteiger partial charge in [-0.05, 0) is 30.7 Å².